The molecule has 0 N–H and O–H groups in total. The van der Waals surface area contributed by atoms with Crippen LogP contribution in [-0.4, -0.2) is 23.7 Å². The predicted molar refractivity (Wildman–Crippen MR) is 331 cm³/mol. The Morgan fingerprint density at radius 1 is 0.266 bits per heavy atom. The standard InChI is InChI=1S/C74H53N5/c1-46-31-35-68-58(39-46)59-40-47(2)32-36-69(59)78(68)72-45-62(54-24-12-11-23-53(54)52-43-63(50-19-7-5-8-20-50)75-64(44-52)51-21-9-6-10-22-51)73(74(76-72)79-70-37-33-48(3)41-60(70)61-42-49(4)34-38-71(61)79)57-27-15-18-30-67(57)77-65-28-16-13-25-55(65)56-26-14-17-29-66(56)77/h5-45H,1-4H3. The van der Waals surface area contributed by atoms with Gasteiger partial charge in [0.25, 0.3) is 0 Å². The molecule has 79 heavy (non-hydrogen) atoms. The van der Waals surface area contributed by atoms with Crippen LogP contribution in [0.3, 0.4) is 0 Å². The maximum atomic E-state index is 6.17. The SMILES string of the molecule is Cc1ccc2c(c1)c1cc(C)ccc1n2-c1cc(-c2ccccc2-c2cc(-c3ccccc3)nc(-c3ccccc3)c2)c(-c2ccccc2-n2c3ccccc3c3ccccc32)c(-n2c3ccc(C)cc3c3cc(C)ccc32)n1. The summed E-state index contributed by atoms with van der Waals surface area (Å²) in [5, 5.41) is 7.20. The monoisotopic (exact) mass is 1010 g/mol. The Bertz CT molecular complexity index is 4710. The molecule has 15 aromatic rings. The van der Waals surface area contributed by atoms with Crippen LogP contribution in [0.2, 0.25) is 0 Å². The van der Waals surface area contributed by atoms with Crippen LogP contribution >= 0.6 is 0 Å². The van der Waals surface area contributed by atoms with Gasteiger partial charge in [-0.1, -0.05) is 186 Å². The van der Waals surface area contributed by atoms with Gasteiger partial charge in [-0.3, -0.25) is 9.13 Å². The van der Waals surface area contributed by atoms with Crippen LogP contribution in [0.15, 0.2) is 249 Å². The molecule has 10 aromatic carbocycles. The Labute approximate surface area is 458 Å². The molecule has 0 bridgehead atoms. The van der Waals surface area contributed by atoms with Crippen molar-refractivity contribution in [2.45, 2.75) is 27.7 Å². The molecule has 0 aliphatic rings. The number of aromatic nitrogens is 5. The van der Waals surface area contributed by atoms with E-state index in [4.69, 9.17) is 9.97 Å². The first-order chi connectivity index (χ1) is 38.8. The summed E-state index contributed by atoms with van der Waals surface area (Å²) >= 11 is 0. The highest BCUT2D eigenvalue weighted by atomic mass is 15.1. The predicted octanol–water partition coefficient (Wildman–Crippen LogP) is 19.3. The van der Waals surface area contributed by atoms with E-state index in [0.717, 1.165) is 106 Å². The first-order valence-corrected chi connectivity index (χ1v) is 27.2. The highest BCUT2D eigenvalue weighted by Crippen LogP contribution is 2.48. The van der Waals surface area contributed by atoms with E-state index in [1.165, 1.54) is 54.6 Å². The number of aryl methyl sites for hydroxylation is 4. The summed E-state index contributed by atoms with van der Waals surface area (Å²) in [7, 11) is 0. The molecule has 0 saturated carbocycles. The highest BCUT2D eigenvalue weighted by Gasteiger charge is 2.28. The molecular formula is C74H53N5. The lowest BCUT2D eigenvalue weighted by Crippen LogP contribution is -2.09. The van der Waals surface area contributed by atoms with Crippen molar-refractivity contribution in [2.75, 3.05) is 0 Å². The van der Waals surface area contributed by atoms with Crippen molar-refractivity contribution in [3.63, 3.8) is 0 Å². The van der Waals surface area contributed by atoms with Crippen LogP contribution in [-0.2, 0) is 0 Å². The van der Waals surface area contributed by atoms with Crippen molar-refractivity contribution in [1.82, 2.24) is 23.7 Å². The van der Waals surface area contributed by atoms with Crippen molar-refractivity contribution >= 4 is 65.4 Å². The molecule has 15 rings (SSSR count). The Balaban J connectivity index is 1.14. The average Bonchev–Trinajstić information content (AvgIpc) is 3.98. The zero-order chi connectivity index (χ0) is 52.9. The van der Waals surface area contributed by atoms with Crippen molar-refractivity contribution in [3.05, 3.63) is 271 Å². The van der Waals surface area contributed by atoms with Crippen LogP contribution in [0.5, 0.6) is 0 Å². The zero-order valence-corrected chi connectivity index (χ0v) is 44.4. The van der Waals surface area contributed by atoms with Gasteiger partial charge >= 0.3 is 0 Å². The molecule has 5 heterocycles. The van der Waals surface area contributed by atoms with Gasteiger partial charge in [-0.05, 0) is 135 Å². The van der Waals surface area contributed by atoms with E-state index in [2.05, 4.69) is 290 Å². The fourth-order valence-corrected chi connectivity index (χ4v) is 12.5. The van der Waals surface area contributed by atoms with E-state index in [1.54, 1.807) is 0 Å². The maximum absolute atomic E-state index is 6.17. The Kier molecular flexibility index (Phi) is 10.7. The van der Waals surface area contributed by atoms with Gasteiger partial charge in [-0.15, -0.1) is 0 Å². The van der Waals surface area contributed by atoms with Crippen LogP contribution in [0.4, 0.5) is 0 Å². The van der Waals surface area contributed by atoms with E-state index < -0.39 is 0 Å². The Hall–Kier alpha value is -10.1. The van der Waals surface area contributed by atoms with Crippen LogP contribution in [0.1, 0.15) is 22.3 Å². The molecule has 5 nitrogen and oxygen atoms in total. The van der Waals surface area contributed by atoms with Crippen molar-refractivity contribution < 1.29 is 0 Å². The summed E-state index contributed by atoms with van der Waals surface area (Å²) in [6.07, 6.45) is 0. The van der Waals surface area contributed by atoms with Crippen molar-refractivity contribution in [3.8, 4) is 73.2 Å². The molecule has 0 aliphatic carbocycles. The number of hydrogen-bond donors (Lipinski definition) is 0. The van der Waals surface area contributed by atoms with Gasteiger partial charge in [0.2, 0.25) is 0 Å². The van der Waals surface area contributed by atoms with E-state index in [0.29, 0.717) is 0 Å². The molecule has 0 atom stereocenters. The van der Waals surface area contributed by atoms with Gasteiger partial charge in [-0.2, -0.15) is 0 Å². The molecule has 374 valence electrons. The molecule has 0 unspecified atom stereocenters. The topological polar surface area (TPSA) is 40.6 Å². The number of benzene rings is 10. The first-order valence-electron chi connectivity index (χ1n) is 27.2. The molecule has 0 saturated heterocycles. The first kappa shape index (κ1) is 46.2. The van der Waals surface area contributed by atoms with Crippen molar-refractivity contribution in [2.24, 2.45) is 0 Å². The van der Waals surface area contributed by atoms with Gasteiger partial charge in [0.1, 0.15) is 11.6 Å². The quantitative estimate of drug-likeness (QED) is 0.152. The maximum Gasteiger partial charge on any atom is 0.148 e. The van der Waals surface area contributed by atoms with Gasteiger partial charge < -0.3 is 4.57 Å². The lowest BCUT2D eigenvalue weighted by molar-refractivity contribution is 1.01. The second kappa shape index (κ2) is 18.3. The van der Waals surface area contributed by atoms with Gasteiger partial charge in [0.05, 0.1) is 50.2 Å². The Morgan fingerprint density at radius 3 is 1.18 bits per heavy atom. The minimum absolute atomic E-state index is 0.824. The van der Waals surface area contributed by atoms with E-state index in [9.17, 15) is 0 Å². The summed E-state index contributed by atoms with van der Waals surface area (Å²) in [5.74, 6) is 1.66. The molecule has 0 aliphatic heterocycles. The number of hydrogen-bond acceptors (Lipinski definition) is 2. The molecule has 0 fully saturated rings. The largest absolute Gasteiger partial charge is 0.309 e. The van der Waals surface area contributed by atoms with Gasteiger partial charge in [0.15, 0.2) is 0 Å². The second-order valence-electron chi connectivity index (χ2n) is 21.3. The van der Waals surface area contributed by atoms with E-state index in [-0.39, 0.29) is 0 Å². The minimum Gasteiger partial charge on any atom is -0.309 e. The lowest BCUT2D eigenvalue weighted by atomic mass is 9.88. The third-order valence-corrected chi connectivity index (χ3v) is 16.1. The molecular weight excluding hydrogens is 959 g/mol. The number of pyridine rings is 2. The number of nitrogens with zero attached hydrogens (tertiary/aromatic N) is 5. The zero-order valence-electron chi connectivity index (χ0n) is 44.4. The number of fused-ring (bicyclic) bond motifs is 9. The van der Waals surface area contributed by atoms with E-state index >= 15 is 0 Å². The summed E-state index contributed by atoms with van der Waals surface area (Å²) < 4.78 is 7.31. The summed E-state index contributed by atoms with van der Waals surface area (Å²) in [6, 6.07) is 91.0. The number of para-hydroxylation sites is 3. The summed E-state index contributed by atoms with van der Waals surface area (Å²) in [4.78, 5) is 11.5. The Morgan fingerprint density at radius 2 is 0.671 bits per heavy atom. The minimum atomic E-state index is 0.824. The fraction of sp³-hybridized carbons (Fsp3) is 0.0541. The van der Waals surface area contributed by atoms with E-state index in [1.807, 2.05) is 0 Å². The summed E-state index contributed by atoms with van der Waals surface area (Å²) in [6.45, 7) is 8.75. The molecule has 0 radical (unpaired) electrons. The smallest absolute Gasteiger partial charge is 0.148 e. The average molecular weight is 1010 g/mol. The third-order valence-electron chi connectivity index (χ3n) is 16.1. The third kappa shape index (κ3) is 7.53. The van der Waals surface area contributed by atoms with Crippen LogP contribution in [0.25, 0.3) is 139 Å². The highest BCUT2D eigenvalue weighted by molar-refractivity contribution is 6.14. The van der Waals surface area contributed by atoms with Crippen LogP contribution < -0.4 is 0 Å². The van der Waals surface area contributed by atoms with Gasteiger partial charge in [-0.25, -0.2) is 9.97 Å². The molecule has 5 aromatic heterocycles. The normalized spacial score (nSPS) is 11.8. The fourth-order valence-electron chi connectivity index (χ4n) is 12.5. The molecule has 5 heteroatoms. The molecule has 0 amide bonds. The summed E-state index contributed by atoms with van der Waals surface area (Å²) in [5.41, 5.74) is 22.8. The molecule has 0 spiro atoms. The second-order valence-corrected chi connectivity index (χ2v) is 21.3. The van der Waals surface area contributed by atoms with Crippen LogP contribution in [0, 0.1) is 27.7 Å². The lowest BCUT2D eigenvalue weighted by Gasteiger charge is -2.24. The number of rotatable bonds is 8. The van der Waals surface area contributed by atoms with Gasteiger partial charge in [0, 0.05) is 54.6 Å². The van der Waals surface area contributed by atoms with Crippen molar-refractivity contribution in [1.29, 1.82) is 0 Å².